The Morgan fingerprint density at radius 2 is 1.35 bits per heavy atom. The van der Waals surface area contributed by atoms with Crippen molar-refractivity contribution in [2.24, 2.45) is 0 Å². The highest BCUT2D eigenvalue weighted by atomic mass is 16.5. The van der Waals surface area contributed by atoms with E-state index >= 15 is 0 Å². The first-order valence-corrected chi connectivity index (χ1v) is 8.45. The highest BCUT2D eigenvalue weighted by Gasteiger charge is 2.07. The van der Waals surface area contributed by atoms with Crippen LogP contribution >= 0.6 is 0 Å². The number of rotatable bonds is 6. The van der Waals surface area contributed by atoms with Crippen LogP contribution in [0.5, 0.6) is 5.75 Å². The third-order valence-corrected chi connectivity index (χ3v) is 4.01. The second kappa shape index (κ2) is 8.63. The molecule has 0 atom stereocenters. The molecule has 0 radical (unpaired) electrons. The van der Waals surface area contributed by atoms with E-state index in [1.165, 1.54) is 0 Å². The normalized spacial score (nSPS) is 11.5. The summed E-state index contributed by atoms with van der Waals surface area (Å²) in [6, 6.07) is 27.4. The molecule has 0 aromatic heterocycles. The van der Waals surface area contributed by atoms with Crippen LogP contribution in [0.15, 0.2) is 97.1 Å². The van der Waals surface area contributed by atoms with E-state index in [-0.39, 0.29) is 5.78 Å². The largest absolute Gasteiger partial charge is 0.497 e. The standard InChI is InChI=1S/C24H20O2/c1-26-23-16-13-21(14-17-23)24(20-10-6-3-7-11-20)18-22(25)15-12-19-8-4-2-5-9-19/h2-18H,1H3/b15-12+,24-18+. The zero-order chi connectivity index (χ0) is 18.2. The Bertz CT molecular complexity index is 905. The average molecular weight is 340 g/mol. The van der Waals surface area contributed by atoms with Crippen molar-refractivity contribution in [2.45, 2.75) is 0 Å². The molecule has 0 saturated heterocycles. The Morgan fingerprint density at radius 3 is 1.96 bits per heavy atom. The number of methoxy groups -OCH3 is 1. The summed E-state index contributed by atoms with van der Waals surface area (Å²) in [6.45, 7) is 0. The van der Waals surface area contributed by atoms with E-state index in [0.29, 0.717) is 0 Å². The molecule has 0 bridgehead atoms. The lowest BCUT2D eigenvalue weighted by Gasteiger charge is -2.09. The van der Waals surface area contributed by atoms with E-state index in [4.69, 9.17) is 4.74 Å². The number of ether oxygens (including phenoxy) is 1. The minimum absolute atomic E-state index is 0.0523. The minimum atomic E-state index is -0.0523. The van der Waals surface area contributed by atoms with Crippen molar-refractivity contribution in [3.63, 3.8) is 0 Å². The Hall–Kier alpha value is -3.39. The maximum absolute atomic E-state index is 12.5. The summed E-state index contributed by atoms with van der Waals surface area (Å²) in [6.07, 6.45) is 5.11. The molecule has 0 amide bonds. The van der Waals surface area contributed by atoms with Gasteiger partial charge < -0.3 is 4.74 Å². The lowest BCUT2D eigenvalue weighted by molar-refractivity contribution is -0.110. The first-order chi connectivity index (χ1) is 12.8. The van der Waals surface area contributed by atoms with Crippen molar-refractivity contribution < 1.29 is 9.53 Å². The molecular formula is C24H20O2. The van der Waals surface area contributed by atoms with Gasteiger partial charge in [-0.05, 0) is 46.5 Å². The van der Waals surface area contributed by atoms with Gasteiger partial charge in [0.15, 0.2) is 5.78 Å². The molecule has 2 nitrogen and oxygen atoms in total. The number of hydrogen-bond donors (Lipinski definition) is 0. The molecule has 0 spiro atoms. The van der Waals surface area contributed by atoms with Gasteiger partial charge in [0.25, 0.3) is 0 Å². The van der Waals surface area contributed by atoms with Crippen LogP contribution < -0.4 is 4.74 Å². The third-order valence-electron chi connectivity index (χ3n) is 4.01. The minimum Gasteiger partial charge on any atom is -0.497 e. The number of carbonyl (C=O) groups excluding carboxylic acids is 1. The van der Waals surface area contributed by atoms with E-state index < -0.39 is 0 Å². The monoisotopic (exact) mass is 340 g/mol. The van der Waals surface area contributed by atoms with Gasteiger partial charge in [-0.15, -0.1) is 0 Å². The molecule has 3 aromatic carbocycles. The number of carbonyl (C=O) groups is 1. The Kier molecular flexibility index (Phi) is 5.79. The smallest absolute Gasteiger partial charge is 0.179 e. The van der Waals surface area contributed by atoms with Gasteiger partial charge in [-0.2, -0.15) is 0 Å². The summed E-state index contributed by atoms with van der Waals surface area (Å²) in [5.41, 5.74) is 3.86. The maximum Gasteiger partial charge on any atom is 0.179 e. The van der Waals surface area contributed by atoms with E-state index in [9.17, 15) is 4.79 Å². The fourth-order valence-corrected chi connectivity index (χ4v) is 2.65. The van der Waals surface area contributed by atoms with Gasteiger partial charge in [0, 0.05) is 0 Å². The fourth-order valence-electron chi connectivity index (χ4n) is 2.65. The van der Waals surface area contributed by atoms with Crippen LogP contribution in [-0.2, 0) is 4.79 Å². The van der Waals surface area contributed by atoms with Gasteiger partial charge in [-0.25, -0.2) is 0 Å². The second-order valence-electron chi connectivity index (χ2n) is 5.80. The molecule has 26 heavy (non-hydrogen) atoms. The van der Waals surface area contributed by atoms with E-state index in [1.807, 2.05) is 91.0 Å². The van der Waals surface area contributed by atoms with Crippen LogP contribution in [0.3, 0.4) is 0 Å². The zero-order valence-corrected chi connectivity index (χ0v) is 14.6. The van der Waals surface area contributed by atoms with Gasteiger partial charge in [-0.1, -0.05) is 78.9 Å². The van der Waals surface area contributed by atoms with Gasteiger partial charge >= 0.3 is 0 Å². The van der Waals surface area contributed by atoms with Crippen LogP contribution in [-0.4, -0.2) is 12.9 Å². The van der Waals surface area contributed by atoms with Crippen LogP contribution in [0, 0.1) is 0 Å². The second-order valence-corrected chi connectivity index (χ2v) is 5.80. The molecule has 0 unspecified atom stereocenters. The number of allylic oxidation sites excluding steroid dienone is 2. The lowest BCUT2D eigenvalue weighted by Crippen LogP contribution is -1.94. The van der Waals surface area contributed by atoms with Gasteiger partial charge in [0.1, 0.15) is 5.75 Å². The van der Waals surface area contributed by atoms with Gasteiger partial charge in [0.2, 0.25) is 0 Å². The summed E-state index contributed by atoms with van der Waals surface area (Å²) in [5, 5.41) is 0. The van der Waals surface area contributed by atoms with E-state index in [0.717, 1.165) is 28.0 Å². The highest BCUT2D eigenvalue weighted by molar-refractivity contribution is 6.08. The van der Waals surface area contributed by atoms with Gasteiger partial charge in [-0.3, -0.25) is 4.79 Å². The zero-order valence-electron chi connectivity index (χ0n) is 14.6. The Morgan fingerprint density at radius 1 is 0.769 bits per heavy atom. The maximum atomic E-state index is 12.5. The van der Waals surface area contributed by atoms with Crippen molar-refractivity contribution in [1.29, 1.82) is 0 Å². The fraction of sp³-hybridized carbons (Fsp3) is 0.0417. The summed E-state index contributed by atoms with van der Waals surface area (Å²) in [7, 11) is 1.64. The van der Waals surface area contributed by atoms with Gasteiger partial charge in [0.05, 0.1) is 7.11 Å². The number of ketones is 1. The van der Waals surface area contributed by atoms with Crippen LogP contribution in [0.4, 0.5) is 0 Å². The topological polar surface area (TPSA) is 26.3 Å². The predicted octanol–water partition coefficient (Wildman–Crippen LogP) is 5.41. The van der Waals surface area contributed by atoms with Crippen molar-refractivity contribution in [2.75, 3.05) is 7.11 Å². The van der Waals surface area contributed by atoms with Crippen molar-refractivity contribution in [1.82, 2.24) is 0 Å². The Labute approximate surface area is 154 Å². The SMILES string of the molecule is COc1ccc(/C(=C/C(=O)/C=C/c2ccccc2)c2ccccc2)cc1. The predicted molar refractivity (Wildman–Crippen MR) is 107 cm³/mol. The van der Waals surface area contributed by atoms with Crippen molar-refractivity contribution >= 4 is 17.4 Å². The molecule has 0 N–H and O–H groups in total. The first-order valence-electron chi connectivity index (χ1n) is 8.45. The summed E-state index contributed by atoms with van der Waals surface area (Å²) in [5.74, 6) is 0.736. The number of hydrogen-bond acceptors (Lipinski definition) is 2. The first kappa shape index (κ1) is 17.4. The van der Waals surface area contributed by atoms with Crippen molar-refractivity contribution in [3.8, 4) is 5.75 Å². The highest BCUT2D eigenvalue weighted by Crippen LogP contribution is 2.25. The molecule has 0 aliphatic carbocycles. The third kappa shape index (κ3) is 4.58. The number of benzene rings is 3. The molecule has 128 valence electrons. The van der Waals surface area contributed by atoms with Crippen LogP contribution in [0.1, 0.15) is 16.7 Å². The molecule has 0 aliphatic heterocycles. The molecule has 0 fully saturated rings. The quantitative estimate of drug-likeness (QED) is 0.561. The summed E-state index contributed by atoms with van der Waals surface area (Å²) >= 11 is 0. The van der Waals surface area contributed by atoms with Crippen LogP contribution in [0.2, 0.25) is 0 Å². The molecule has 2 heteroatoms. The summed E-state index contributed by atoms with van der Waals surface area (Å²) < 4.78 is 5.23. The van der Waals surface area contributed by atoms with E-state index in [1.54, 1.807) is 19.3 Å². The molecule has 0 heterocycles. The molecular weight excluding hydrogens is 320 g/mol. The molecule has 0 saturated carbocycles. The molecule has 3 aromatic rings. The summed E-state index contributed by atoms with van der Waals surface area (Å²) in [4.78, 5) is 12.5. The van der Waals surface area contributed by atoms with Crippen LogP contribution in [0.25, 0.3) is 11.6 Å². The van der Waals surface area contributed by atoms with Crippen molar-refractivity contribution in [3.05, 3.63) is 114 Å². The Balaban J connectivity index is 1.93. The lowest BCUT2D eigenvalue weighted by atomic mass is 9.96. The van der Waals surface area contributed by atoms with E-state index in [2.05, 4.69) is 0 Å². The molecule has 3 rings (SSSR count). The molecule has 0 aliphatic rings. The average Bonchev–Trinajstić information content (AvgIpc) is 2.72.